The van der Waals surface area contributed by atoms with E-state index >= 15 is 0 Å². The summed E-state index contributed by atoms with van der Waals surface area (Å²) in [6.07, 6.45) is 0. The average molecular weight is 831 g/mol. The quantitative estimate of drug-likeness (QED) is 0.150. The van der Waals surface area contributed by atoms with Crippen LogP contribution in [0.3, 0.4) is 0 Å². The average Bonchev–Trinajstić information content (AvgIpc) is 3.61. The summed E-state index contributed by atoms with van der Waals surface area (Å²) in [5.41, 5.74) is 17.8. The predicted molar refractivity (Wildman–Crippen MR) is 268 cm³/mol. The van der Waals surface area contributed by atoms with Crippen molar-refractivity contribution in [2.24, 2.45) is 0 Å². The molecule has 12 rings (SSSR count). The summed E-state index contributed by atoms with van der Waals surface area (Å²) in [6, 6.07) is 77.3. The van der Waals surface area contributed by atoms with Crippen LogP contribution in [-0.4, -0.2) is 19.9 Å². The van der Waals surface area contributed by atoms with Gasteiger partial charge in [0.05, 0.1) is 11.2 Å². The van der Waals surface area contributed by atoms with E-state index in [9.17, 15) is 0 Å². The first kappa shape index (κ1) is 38.3. The molecule has 0 unspecified atom stereocenters. The van der Waals surface area contributed by atoms with Crippen LogP contribution >= 0.6 is 0 Å². The molecule has 65 heavy (non-hydrogen) atoms. The topological polar surface area (TPSA) is 51.6 Å². The Bertz CT molecular complexity index is 3600. The molecule has 2 aromatic heterocycles. The molecule has 0 amide bonds. The van der Waals surface area contributed by atoms with Crippen molar-refractivity contribution >= 4 is 21.7 Å². The summed E-state index contributed by atoms with van der Waals surface area (Å²) >= 11 is 0. The van der Waals surface area contributed by atoms with E-state index < -0.39 is 0 Å². The molecular weight excluding hydrogens is 789 g/mol. The Morgan fingerprint density at radius 3 is 1.51 bits per heavy atom. The second-order valence-corrected chi connectivity index (χ2v) is 17.4. The molecule has 2 heterocycles. The van der Waals surface area contributed by atoms with Crippen LogP contribution in [0, 0.1) is 0 Å². The zero-order valence-electron chi connectivity index (χ0n) is 36.1. The van der Waals surface area contributed by atoms with Crippen molar-refractivity contribution in [1.82, 2.24) is 19.9 Å². The number of hydrogen-bond acceptors (Lipinski definition) is 4. The van der Waals surface area contributed by atoms with Crippen LogP contribution < -0.4 is 0 Å². The molecule has 0 fully saturated rings. The van der Waals surface area contributed by atoms with Gasteiger partial charge in [-0.3, -0.25) is 0 Å². The van der Waals surface area contributed by atoms with Gasteiger partial charge in [-0.1, -0.05) is 220 Å². The van der Waals surface area contributed by atoms with Gasteiger partial charge < -0.3 is 0 Å². The van der Waals surface area contributed by atoms with E-state index in [2.05, 4.69) is 214 Å². The molecule has 306 valence electrons. The van der Waals surface area contributed by atoms with Gasteiger partial charge >= 0.3 is 0 Å². The van der Waals surface area contributed by atoms with Gasteiger partial charge in [0.25, 0.3) is 0 Å². The first-order valence-corrected chi connectivity index (χ1v) is 22.2. The lowest BCUT2D eigenvalue weighted by Crippen LogP contribution is -2.14. The standard InChI is InChI=1S/C61H42N4/c1-61(2)53-30-13-12-25-49(53)50-36-35-44(38-54(50)61)39-31-33-43(34-32-39)59-63-58(42-21-10-5-11-22-42)64-60(65-59)46-24-14-23-45(37-46)48-27-16-29-52-55-47(40-17-6-3-7-18-40)26-15-28-51(55)56(62-57(48)52)41-19-8-4-9-20-41/h3-38H,1-2H3. The second-order valence-electron chi connectivity index (χ2n) is 17.4. The Morgan fingerprint density at radius 1 is 0.292 bits per heavy atom. The minimum Gasteiger partial charge on any atom is -0.246 e. The maximum atomic E-state index is 5.52. The molecule has 4 nitrogen and oxygen atoms in total. The van der Waals surface area contributed by atoms with Crippen molar-refractivity contribution in [3.8, 4) is 89.9 Å². The SMILES string of the molecule is CC1(C)c2ccccc2-c2ccc(-c3ccc(-c4nc(-c5ccccc5)nc(-c5cccc(-c6cccc7c6nc(-c6ccccc6)c6cccc(-c8ccccc8)c67)c5)n4)cc3)cc21. The fourth-order valence-corrected chi connectivity index (χ4v) is 9.86. The third-order valence-corrected chi connectivity index (χ3v) is 13.1. The monoisotopic (exact) mass is 830 g/mol. The van der Waals surface area contributed by atoms with E-state index in [1.165, 1.54) is 44.3 Å². The van der Waals surface area contributed by atoms with Gasteiger partial charge in [0.15, 0.2) is 17.5 Å². The molecule has 0 saturated heterocycles. The molecule has 11 aromatic rings. The zero-order valence-corrected chi connectivity index (χ0v) is 36.1. The lowest BCUT2D eigenvalue weighted by Gasteiger charge is -2.22. The fraction of sp³-hybridized carbons (Fsp3) is 0.0492. The van der Waals surface area contributed by atoms with E-state index in [-0.39, 0.29) is 5.41 Å². The lowest BCUT2D eigenvalue weighted by atomic mass is 9.81. The summed E-state index contributed by atoms with van der Waals surface area (Å²) in [5, 5.41) is 3.41. The summed E-state index contributed by atoms with van der Waals surface area (Å²) in [7, 11) is 0. The molecule has 9 aromatic carbocycles. The molecule has 0 aliphatic heterocycles. The number of aromatic nitrogens is 4. The van der Waals surface area contributed by atoms with E-state index in [0.29, 0.717) is 17.5 Å². The maximum absolute atomic E-state index is 5.52. The first-order chi connectivity index (χ1) is 32.0. The Kier molecular flexibility index (Phi) is 9.13. The second kappa shape index (κ2) is 15.5. The van der Waals surface area contributed by atoms with Crippen molar-refractivity contribution in [1.29, 1.82) is 0 Å². The van der Waals surface area contributed by atoms with Gasteiger partial charge in [0, 0.05) is 49.4 Å². The number of nitrogens with zero attached hydrogens (tertiary/aromatic N) is 4. The van der Waals surface area contributed by atoms with Crippen molar-refractivity contribution in [3.63, 3.8) is 0 Å². The van der Waals surface area contributed by atoms with Gasteiger partial charge in [0.1, 0.15) is 0 Å². The van der Waals surface area contributed by atoms with Crippen molar-refractivity contribution in [2.75, 3.05) is 0 Å². The number of para-hydroxylation sites is 1. The molecule has 1 aliphatic rings. The highest BCUT2D eigenvalue weighted by Gasteiger charge is 2.35. The number of fused-ring (bicyclic) bond motifs is 6. The fourth-order valence-electron chi connectivity index (χ4n) is 9.86. The van der Waals surface area contributed by atoms with Crippen LogP contribution in [0.4, 0.5) is 0 Å². The van der Waals surface area contributed by atoms with E-state index in [1.54, 1.807) is 0 Å². The minimum atomic E-state index is -0.0657. The molecule has 1 aliphatic carbocycles. The van der Waals surface area contributed by atoms with Crippen LogP contribution in [0.15, 0.2) is 218 Å². The van der Waals surface area contributed by atoms with Crippen LogP contribution in [0.1, 0.15) is 25.0 Å². The number of hydrogen-bond donors (Lipinski definition) is 0. The summed E-state index contributed by atoms with van der Waals surface area (Å²) < 4.78 is 0. The highest BCUT2D eigenvalue weighted by atomic mass is 15.0. The Balaban J connectivity index is 0.970. The molecule has 0 spiro atoms. The first-order valence-electron chi connectivity index (χ1n) is 22.2. The highest BCUT2D eigenvalue weighted by Crippen LogP contribution is 2.49. The molecular formula is C61H42N4. The number of benzene rings is 9. The number of rotatable bonds is 7. The third kappa shape index (κ3) is 6.61. The molecule has 0 bridgehead atoms. The molecule has 0 N–H and O–H groups in total. The maximum Gasteiger partial charge on any atom is 0.164 e. The van der Waals surface area contributed by atoms with Gasteiger partial charge in [-0.25, -0.2) is 19.9 Å². The van der Waals surface area contributed by atoms with E-state index in [1.807, 2.05) is 18.2 Å². The summed E-state index contributed by atoms with van der Waals surface area (Å²) in [4.78, 5) is 20.9. The van der Waals surface area contributed by atoms with Crippen LogP contribution in [0.25, 0.3) is 112 Å². The Hall–Kier alpha value is -8.34. The molecule has 0 atom stereocenters. The normalized spacial score (nSPS) is 12.6. The largest absolute Gasteiger partial charge is 0.246 e. The van der Waals surface area contributed by atoms with Crippen molar-refractivity contribution in [3.05, 3.63) is 230 Å². The van der Waals surface area contributed by atoms with Gasteiger partial charge in [-0.2, -0.15) is 0 Å². The Morgan fingerprint density at radius 2 is 0.785 bits per heavy atom. The molecule has 0 saturated carbocycles. The summed E-state index contributed by atoms with van der Waals surface area (Å²) in [5.74, 6) is 1.85. The van der Waals surface area contributed by atoms with Crippen LogP contribution in [0.5, 0.6) is 0 Å². The van der Waals surface area contributed by atoms with Crippen molar-refractivity contribution in [2.45, 2.75) is 19.3 Å². The highest BCUT2D eigenvalue weighted by molar-refractivity contribution is 6.19. The van der Waals surface area contributed by atoms with Crippen molar-refractivity contribution < 1.29 is 0 Å². The van der Waals surface area contributed by atoms with Gasteiger partial charge in [-0.05, 0) is 62.2 Å². The lowest BCUT2D eigenvalue weighted by molar-refractivity contribution is 0.660. The zero-order chi connectivity index (χ0) is 43.5. The van der Waals surface area contributed by atoms with Crippen LogP contribution in [-0.2, 0) is 5.41 Å². The van der Waals surface area contributed by atoms with Gasteiger partial charge in [-0.15, -0.1) is 0 Å². The minimum absolute atomic E-state index is 0.0657. The predicted octanol–water partition coefficient (Wildman–Crippen LogP) is 15.5. The molecule has 0 radical (unpaired) electrons. The Labute approximate surface area is 378 Å². The third-order valence-electron chi connectivity index (χ3n) is 13.1. The van der Waals surface area contributed by atoms with E-state index in [0.717, 1.165) is 60.9 Å². The van der Waals surface area contributed by atoms with E-state index in [4.69, 9.17) is 19.9 Å². The summed E-state index contributed by atoms with van der Waals surface area (Å²) in [6.45, 7) is 4.65. The van der Waals surface area contributed by atoms with Gasteiger partial charge in [0.2, 0.25) is 0 Å². The number of pyridine rings is 1. The van der Waals surface area contributed by atoms with Crippen LogP contribution in [0.2, 0.25) is 0 Å². The smallest absolute Gasteiger partial charge is 0.164 e. The molecule has 4 heteroatoms.